The van der Waals surface area contributed by atoms with Gasteiger partial charge in [-0.25, -0.2) is 0 Å². The Bertz CT molecular complexity index is 395. The number of ketones is 2. The predicted octanol–water partition coefficient (Wildman–Crippen LogP) is 2.02. The Balaban J connectivity index is 2.77. The molecule has 3 heteroatoms. The highest BCUT2D eigenvalue weighted by Gasteiger charge is 2.23. The van der Waals surface area contributed by atoms with Crippen LogP contribution in [0, 0.1) is 11.8 Å². The standard InChI is InChI=1S/C15H20O3/c1-11(2)15(18)13(9-14(17)10-16)8-12-6-4-3-5-7-12/h3-7,11,13,16H,8-10H2,1-2H3. The van der Waals surface area contributed by atoms with E-state index in [0.29, 0.717) is 6.42 Å². The van der Waals surface area contributed by atoms with Crippen molar-refractivity contribution in [1.82, 2.24) is 0 Å². The third kappa shape index (κ3) is 4.41. The summed E-state index contributed by atoms with van der Waals surface area (Å²) in [7, 11) is 0. The minimum Gasteiger partial charge on any atom is -0.389 e. The normalized spacial score (nSPS) is 12.4. The van der Waals surface area contributed by atoms with Crippen LogP contribution in [-0.2, 0) is 16.0 Å². The molecule has 1 unspecified atom stereocenters. The van der Waals surface area contributed by atoms with Gasteiger partial charge in [-0.05, 0) is 12.0 Å². The second kappa shape index (κ2) is 7.07. The molecule has 1 aromatic rings. The average molecular weight is 248 g/mol. The van der Waals surface area contributed by atoms with Gasteiger partial charge in [0.2, 0.25) is 0 Å². The van der Waals surface area contributed by atoms with Crippen LogP contribution in [0.3, 0.4) is 0 Å². The van der Waals surface area contributed by atoms with Gasteiger partial charge >= 0.3 is 0 Å². The van der Waals surface area contributed by atoms with Crippen molar-refractivity contribution in [2.24, 2.45) is 11.8 Å². The van der Waals surface area contributed by atoms with Gasteiger partial charge in [-0.1, -0.05) is 44.2 Å². The van der Waals surface area contributed by atoms with Crippen molar-refractivity contribution in [3.05, 3.63) is 35.9 Å². The third-order valence-electron chi connectivity index (χ3n) is 2.95. The highest BCUT2D eigenvalue weighted by atomic mass is 16.3. The number of hydrogen-bond acceptors (Lipinski definition) is 3. The van der Waals surface area contributed by atoms with Gasteiger partial charge in [-0.3, -0.25) is 9.59 Å². The van der Waals surface area contributed by atoms with Crippen LogP contribution in [0.1, 0.15) is 25.8 Å². The van der Waals surface area contributed by atoms with Gasteiger partial charge in [0.15, 0.2) is 5.78 Å². The molecule has 0 aliphatic heterocycles. The molecule has 1 aromatic carbocycles. The van der Waals surface area contributed by atoms with E-state index in [-0.39, 0.29) is 29.8 Å². The van der Waals surface area contributed by atoms with Crippen molar-refractivity contribution in [3.8, 4) is 0 Å². The minimum absolute atomic E-state index is 0.0839. The summed E-state index contributed by atoms with van der Waals surface area (Å²) >= 11 is 0. The quantitative estimate of drug-likeness (QED) is 0.803. The van der Waals surface area contributed by atoms with Gasteiger partial charge in [0.25, 0.3) is 0 Å². The molecule has 0 aliphatic rings. The first-order chi connectivity index (χ1) is 8.54. The number of benzene rings is 1. The molecule has 0 amide bonds. The molecule has 0 spiro atoms. The first-order valence-corrected chi connectivity index (χ1v) is 6.24. The van der Waals surface area contributed by atoms with Crippen LogP contribution >= 0.6 is 0 Å². The fourth-order valence-corrected chi connectivity index (χ4v) is 1.98. The van der Waals surface area contributed by atoms with Crippen LogP contribution in [0.2, 0.25) is 0 Å². The average Bonchev–Trinajstić information content (AvgIpc) is 2.38. The molecule has 0 fully saturated rings. The summed E-state index contributed by atoms with van der Waals surface area (Å²) in [4.78, 5) is 23.4. The van der Waals surface area contributed by atoms with E-state index >= 15 is 0 Å². The summed E-state index contributed by atoms with van der Waals surface area (Å²) < 4.78 is 0. The Morgan fingerprint density at radius 3 is 2.28 bits per heavy atom. The summed E-state index contributed by atoms with van der Waals surface area (Å²) in [5.74, 6) is -0.608. The second-order valence-electron chi connectivity index (χ2n) is 4.84. The van der Waals surface area contributed by atoms with Crippen molar-refractivity contribution in [2.45, 2.75) is 26.7 Å². The van der Waals surface area contributed by atoms with Crippen molar-refractivity contribution in [3.63, 3.8) is 0 Å². The molecule has 1 rings (SSSR count). The van der Waals surface area contributed by atoms with Crippen molar-refractivity contribution >= 4 is 11.6 Å². The van der Waals surface area contributed by atoms with Crippen LogP contribution in [0.5, 0.6) is 0 Å². The van der Waals surface area contributed by atoms with E-state index in [1.807, 2.05) is 44.2 Å². The van der Waals surface area contributed by atoms with Gasteiger partial charge < -0.3 is 5.11 Å². The highest BCUT2D eigenvalue weighted by molar-refractivity contribution is 5.89. The molecule has 0 aliphatic carbocycles. The lowest BCUT2D eigenvalue weighted by Crippen LogP contribution is -2.25. The van der Waals surface area contributed by atoms with E-state index in [2.05, 4.69) is 0 Å². The van der Waals surface area contributed by atoms with E-state index in [0.717, 1.165) is 5.56 Å². The fraction of sp³-hybridized carbons (Fsp3) is 0.467. The lowest BCUT2D eigenvalue weighted by molar-refractivity contribution is -0.131. The van der Waals surface area contributed by atoms with E-state index < -0.39 is 6.61 Å². The molecule has 98 valence electrons. The summed E-state index contributed by atoms with van der Waals surface area (Å²) in [5.41, 5.74) is 1.04. The maximum atomic E-state index is 12.1. The molecule has 1 N–H and O–H groups in total. The fourth-order valence-electron chi connectivity index (χ4n) is 1.98. The number of aliphatic hydroxyl groups is 1. The third-order valence-corrected chi connectivity index (χ3v) is 2.95. The van der Waals surface area contributed by atoms with Crippen molar-refractivity contribution < 1.29 is 14.7 Å². The smallest absolute Gasteiger partial charge is 0.158 e. The summed E-state index contributed by atoms with van der Waals surface area (Å²) in [6.45, 7) is 3.18. The molecule has 1 atom stereocenters. The van der Waals surface area contributed by atoms with Crippen LogP contribution in [0.4, 0.5) is 0 Å². The second-order valence-corrected chi connectivity index (χ2v) is 4.84. The zero-order chi connectivity index (χ0) is 13.5. The first-order valence-electron chi connectivity index (χ1n) is 6.24. The molecular weight excluding hydrogens is 228 g/mol. The SMILES string of the molecule is CC(C)C(=O)C(CC(=O)CO)Cc1ccccc1. The summed E-state index contributed by atoms with van der Waals surface area (Å²) in [5, 5.41) is 8.81. The topological polar surface area (TPSA) is 54.4 Å². The number of Topliss-reactive ketones (excluding diaryl/α,β-unsaturated/α-hetero) is 2. The molecule has 3 nitrogen and oxygen atoms in total. The van der Waals surface area contributed by atoms with Crippen molar-refractivity contribution in [2.75, 3.05) is 6.61 Å². The summed E-state index contributed by atoms with van der Waals surface area (Å²) in [6, 6.07) is 9.65. The van der Waals surface area contributed by atoms with Gasteiger partial charge in [0.05, 0.1) is 0 Å². The Kier molecular flexibility index (Phi) is 5.72. The largest absolute Gasteiger partial charge is 0.389 e. The molecule has 0 bridgehead atoms. The molecule has 0 saturated carbocycles. The number of carbonyl (C=O) groups is 2. The number of rotatable bonds is 7. The zero-order valence-corrected chi connectivity index (χ0v) is 10.9. The van der Waals surface area contributed by atoms with Gasteiger partial charge in [-0.15, -0.1) is 0 Å². The van der Waals surface area contributed by atoms with Gasteiger partial charge in [0.1, 0.15) is 12.4 Å². The molecule has 0 saturated heterocycles. The van der Waals surface area contributed by atoms with Crippen LogP contribution in [-0.4, -0.2) is 23.3 Å². The zero-order valence-electron chi connectivity index (χ0n) is 10.9. The van der Waals surface area contributed by atoms with Crippen LogP contribution in [0.25, 0.3) is 0 Å². The molecular formula is C15H20O3. The molecule has 0 radical (unpaired) electrons. The summed E-state index contributed by atoms with van der Waals surface area (Å²) in [6.07, 6.45) is 0.687. The van der Waals surface area contributed by atoms with Crippen LogP contribution < -0.4 is 0 Å². The maximum absolute atomic E-state index is 12.1. The Labute approximate surface area is 108 Å². The first kappa shape index (κ1) is 14.6. The maximum Gasteiger partial charge on any atom is 0.158 e. The van der Waals surface area contributed by atoms with Gasteiger partial charge in [-0.2, -0.15) is 0 Å². The Hall–Kier alpha value is -1.48. The molecule has 0 heterocycles. The van der Waals surface area contributed by atoms with E-state index in [9.17, 15) is 9.59 Å². The Morgan fingerprint density at radius 2 is 1.78 bits per heavy atom. The monoisotopic (exact) mass is 248 g/mol. The number of aliphatic hydroxyl groups excluding tert-OH is 1. The lowest BCUT2D eigenvalue weighted by atomic mass is 9.86. The van der Waals surface area contributed by atoms with Crippen molar-refractivity contribution in [1.29, 1.82) is 0 Å². The molecule has 0 aromatic heterocycles. The van der Waals surface area contributed by atoms with E-state index in [4.69, 9.17) is 5.11 Å². The number of carbonyl (C=O) groups excluding carboxylic acids is 2. The minimum atomic E-state index is -0.489. The molecule has 18 heavy (non-hydrogen) atoms. The van der Waals surface area contributed by atoms with Gasteiger partial charge in [0, 0.05) is 18.3 Å². The Morgan fingerprint density at radius 1 is 1.17 bits per heavy atom. The predicted molar refractivity (Wildman–Crippen MR) is 70.2 cm³/mol. The van der Waals surface area contributed by atoms with E-state index in [1.54, 1.807) is 0 Å². The van der Waals surface area contributed by atoms with Crippen LogP contribution in [0.15, 0.2) is 30.3 Å². The van der Waals surface area contributed by atoms with E-state index in [1.165, 1.54) is 0 Å². The highest BCUT2D eigenvalue weighted by Crippen LogP contribution is 2.17. The number of hydrogen-bond donors (Lipinski definition) is 1. The lowest BCUT2D eigenvalue weighted by Gasteiger charge is -2.17.